The molecule has 3 rings (SSSR count). The summed E-state index contributed by atoms with van der Waals surface area (Å²) in [4.78, 5) is 12.1. The van der Waals surface area contributed by atoms with E-state index in [1.807, 2.05) is 28.9 Å². The molecule has 0 aliphatic heterocycles. The molecule has 122 valence electrons. The number of hydrogen-bond donors (Lipinski definition) is 1. The second kappa shape index (κ2) is 7.59. The first-order chi connectivity index (χ1) is 11.2. The van der Waals surface area contributed by atoms with Gasteiger partial charge in [0.25, 0.3) is 5.91 Å². The molecule has 1 fully saturated rings. The summed E-state index contributed by atoms with van der Waals surface area (Å²) in [5.74, 6) is -0.166. The van der Waals surface area contributed by atoms with E-state index < -0.39 is 0 Å². The molecule has 0 spiro atoms. The molecule has 0 bridgehead atoms. The zero-order chi connectivity index (χ0) is 16.1. The number of aromatic nitrogens is 3. The van der Waals surface area contributed by atoms with Gasteiger partial charge in [0.2, 0.25) is 0 Å². The molecule has 1 aromatic heterocycles. The summed E-state index contributed by atoms with van der Waals surface area (Å²) in [5.41, 5.74) is 1.53. The minimum Gasteiger partial charge on any atom is -0.350 e. The summed E-state index contributed by atoms with van der Waals surface area (Å²) in [5, 5.41) is 11.8. The van der Waals surface area contributed by atoms with E-state index in [0.29, 0.717) is 18.3 Å². The first kappa shape index (κ1) is 16.0. The second-order valence-electron chi connectivity index (χ2n) is 6.01. The Bertz CT molecular complexity index is 647. The first-order valence-corrected chi connectivity index (χ1v) is 8.54. The Morgan fingerprint density at radius 2 is 1.96 bits per heavy atom. The van der Waals surface area contributed by atoms with E-state index in [2.05, 4.69) is 15.6 Å². The third kappa shape index (κ3) is 4.32. The van der Waals surface area contributed by atoms with Crippen LogP contribution in [-0.2, 0) is 6.42 Å². The Morgan fingerprint density at radius 1 is 1.22 bits per heavy atom. The topological polar surface area (TPSA) is 59.8 Å². The van der Waals surface area contributed by atoms with E-state index in [1.54, 1.807) is 6.20 Å². The number of benzene rings is 1. The smallest absolute Gasteiger partial charge is 0.273 e. The van der Waals surface area contributed by atoms with Crippen molar-refractivity contribution in [3.63, 3.8) is 0 Å². The standard InChI is InChI=1S/C17H21ClN4O/c18-14-8-6-13(7-9-14)10-11-19-17(23)16-12-22(21-20-16)15-4-2-1-3-5-15/h6-9,12,15H,1-5,10-11H2,(H,19,23). The summed E-state index contributed by atoms with van der Waals surface area (Å²) in [6, 6.07) is 8.04. The third-order valence-electron chi connectivity index (χ3n) is 4.30. The first-order valence-electron chi connectivity index (χ1n) is 8.17. The molecule has 0 radical (unpaired) electrons. The number of carbonyl (C=O) groups excluding carboxylic acids is 1. The van der Waals surface area contributed by atoms with Gasteiger partial charge in [0.15, 0.2) is 5.69 Å². The predicted molar refractivity (Wildman–Crippen MR) is 89.6 cm³/mol. The molecule has 1 aliphatic carbocycles. The zero-order valence-electron chi connectivity index (χ0n) is 13.0. The van der Waals surface area contributed by atoms with Crippen LogP contribution in [0.1, 0.15) is 54.2 Å². The van der Waals surface area contributed by atoms with Gasteiger partial charge in [-0.1, -0.05) is 48.2 Å². The quantitative estimate of drug-likeness (QED) is 0.912. The Balaban J connectivity index is 1.50. The van der Waals surface area contributed by atoms with E-state index >= 15 is 0 Å². The molecule has 23 heavy (non-hydrogen) atoms. The van der Waals surface area contributed by atoms with Gasteiger partial charge in [-0.05, 0) is 37.0 Å². The maximum Gasteiger partial charge on any atom is 0.273 e. The lowest BCUT2D eigenvalue weighted by Gasteiger charge is -2.20. The molecule has 0 atom stereocenters. The Hall–Kier alpha value is -1.88. The van der Waals surface area contributed by atoms with Crippen molar-refractivity contribution in [2.45, 2.75) is 44.6 Å². The van der Waals surface area contributed by atoms with Gasteiger partial charge in [0, 0.05) is 11.6 Å². The summed E-state index contributed by atoms with van der Waals surface area (Å²) >= 11 is 5.86. The minimum absolute atomic E-state index is 0.166. The highest BCUT2D eigenvalue weighted by Crippen LogP contribution is 2.27. The molecule has 1 aromatic carbocycles. The lowest BCUT2D eigenvalue weighted by atomic mass is 9.96. The maximum atomic E-state index is 12.1. The molecular weight excluding hydrogens is 312 g/mol. The van der Waals surface area contributed by atoms with E-state index in [4.69, 9.17) is 11.6 Å². The molecular formula is C17H21ClN4O. The van der Waals surface area contributed by atoms with E-state index in [1.165, 1.54) is 19.3 Å². The molecule has 1 heterocycles. The van der Waals surface area contributed by atoms with Gasteiger partial charge in [0.05, 0.1) is 12.2 Å². The molecule has 0 unspecified atom stereocenters. The fourth-order valence-electron chi connectivity index (χ4n) is 2.97. The van der Waals surface area contributed by atoms with Crippen molar-refractivity contribution in [2.75, 3.05) is 6.54 Å². The molecule has 0 saturated heterocycles. The van der Waals surface area contributed by atoms with Crippen LogP contribution in [0.5, 0.6) is 0 Å². The minimum atomic E-state index is -0.166. The summed E-state index contributed by atoms with van der Waals surface area (Å²) in [6.45, 7) is 0.566. The average Bonchev–Trinajstić information content (AvgIpc) is 3.07. The van der Waals surface area contributed by atoms with Crippen LogP contribution in [0.15, 0.2) is 30.5 Å². The Morgan fingerprint density at radius 3 is 2.70 bits per heavy atom. The normalized spacial score (nSPS) is 15.5. The molecule has 1 saturated carbocycles. The highest BCUT2D eigenvalue weighted by Gasteiger charge is 2.18. The van der Waals surface area contributed by atoms with Crippen LogP contribution in [0, 0.1) is 0 Å². The average molecular weight is 333 g/mol. The van der Waals surface area contributed by atoms with Crippen LogP contribution in [0.2, 0.25) is 5.02 Å². The van der Waals surface area contributed by atoms with Crippen LogP contribution in [0.25, 0.3) is 0 Å². The number of rotatable bonds is 5. The lowest BCUT2D eigenvalue weighted by Crippen LogP contribution is -2.26. The van der Waals surface area contributed by atoms with Crippen molar-refractivity contribution >= 4 is 17.5 Å². The van der Waals surface area contributed by atoms with Gasteiger partial charge in [-0.3, -0.25) is 4.79 Å². The van der Waals surface area contributed by atoms with Gasteiger partial charge in [-0.25, -0.2) is 4.68 Å². The summed E-state index contributed by atoms with van der Waals surface area (Å²) in [6.07, 6.45) is 8.54. The molecule has 1 amide bonds. The van der Waals surface area contributed by atoms with Crippen LogP contribution in [-0.4, -0.2) is 27.4 Å². The van der Waals surface area contributed by atoms with Crippen molar-refractivity contribution in [1.82, 2.24) is 20.3 Å². The van der Waals surface area contributed by atoms with Crippen molar-refractivity contribution in [2.24, 2.45) is 0 Å². The fraction of sp³-hybridized carbons (Fsp3) is 0.471. The molecule has 6 heteroatoms. The van der Waals surface area contributed by atoms with Gasteiger partial charge in [0.1, 0.15) is 0 Å². The van der Waals surface area contributed by atoms with Gasteiger partial charge < -0.3 is 5.32 Å². The monoisotopic (exact) mass is 332 g/mol. The predicted octanol–water partition coefficient (Wildman–Crippen LogP) is 3.41. The van der Waals surface area contributed by atoms with Crippen LogP contribution in [0.3, 0.4) is 0 Å². The molecule has 5 nitrogen and oxygen atoms in total. The van der Waals surface area contributed by atoms with Gasteiger partial charge >= 0.3 is 0 Å². The maximum absolute atomic E-state index is 12.1. The van der Waals surface area contributed by atoms with E-state index in [0.717, 1.165) is 29.8 Å². The van der Waals surface area contributed by atoms with Crippen molar-refractivity contribution < 1.29 is 4.79 Å². The van der Waals surface area contributed by atoms with Gasteiger partial charge in [-0.2, -0.15) is 0 Å². The van der Waals surface area contributed by atoms with Gasteiger partial charge in [-0.15, -0.1) is 5.10 Å². The highest BCUT2D eigenvalue weighted by atomic mass is 35.5. The number of carbonyl (C=O) groups is 1. The summed E-state index contributed by atoms with van der Waals surface area (Å²) < 4.78 is 1.85. The Kier molecular flexibility index (Phi) is 5.28. The largest absolute Gasteiger partial charge is 0.350 e. The van der Waals surface area contributed by atoms with Crippen LogP contribution in [0.4, 0.5) is 0 Å². The second-order valence-corrected chi connectivity index (χ2v) is 6.44. The Labute approximate surface area is 141 Å². The van der Waals surface area contributed by atoms with Crippen molar-refractivity contribution in [3.8, 4) is 0 Å². The summed E-state index contributed by atoms with van der Waals surface area (Å²) in [7, 11) is 0. The number of halogens is 1. The van der Waals surface area contributed by atoms with Crippen LogP contribution < -0.4 is 5.32 Å². The fourth-order valence-corrected chi connectivity index (χ4v) is 3.09. The third-order valence-corrected chi connectivity index (χ3v) is 4.56. The van der Waals surface area contributed by atoms with Crippen molar-refractivity contribution in [1.29, 1.82) is 0 Å². The lowest BCUT2D eigenvalue weighted by molar-refractivity contribution is 0.0949. The zero-order valence-corrected chi connectivity index (χ0v) is 13.8. The molecule has 1 aliphatic rings. The number of nitrogens with zero attached hydrogens (tertiary/aromatic N) is 3. The molecule has 2 aromatic rings. The number of hydrogen-bond acceptors (Lipinski definition) is 3. The SMILES string of the molecule is O=C(NCCc1ccc(Cl)cc1)c1cn(C2CCCCC2)nn1. The van der Waals surface area contributed by atoms with E-state index in [9.17, 15) is 4.79 Å². The molecule has 1 N–H and O–H groups in total. The van der Waals surface area contributed by atoms with Crippen molar-refractivity contribution in [3.05, 3.63) is 46.7 Å². The van der Waals surface area contributed by atoms with E-state index in [-0.39, 0.29) is 5.91 Å². The van der Waals surface area contributed by atoms with Crippen LogP contribution >= 0.6 is 11.6 Å². The number of amides is 1. The highest BCUT2D eigenvalue weighted by molar-refractivity contribution is 6.30. The number of nitrogens with one attached hydrogen (secondary N) is 1.